The topological polar surface area (TPSA) is 60.4 Å². The second kappa shape index (κ2) is 5.93. The smallest absolute Gasteiger partial charge is 0.343 e. The summed E-state index contributed by atoms with van der Waals surface area (Å²) in [5.41, 5.74) is 1.40. The minimum Gasteiger partial charge on any atom is -0.423 e. The van der Waals surface area contributed by atoms with Gasteiger partial charge in [-0.15, -0.1) is 0 Å². The van der Waals surface area contributed by atoms with Crippen LogP contribution >= 0.6 is 0 Å². The number of carbonyl (C=O) groups is 3. The van der Waals surface area contributed by atoms with Gasteiger partial charge in [-0.2, -0.15) is 0 Å². The third kappa shape index (κ3) is 3.17. The van der Waals surface area contributed by atoms with E-state index >= 15 is 0 Å². The van der Waals surface area contributed by atoms with Crippen LogP contribution in [-0.2, 0) is 0 Å². The van der Waals surface area contributed by atoms with Gasteiger partial charge in [0, 0.05) is 11.1 Å². The Balaban J connectivity index is 2.10. The van der Waals surface area contributed by atoms with Crippen molar-refractivity contribution in [2.45, 2.75) is 6.92 Å². The van der Waals surface area contributed by atoms with Crippen molar-refractivity contribution >= 4 is 18.0 Å². The summed E-state index contributed by atoms with van der Waals surface area (Å²) < 4.78 is 5.17. The molecule has 0 atom stereocenters. The van der Waals surface area contributed by atoms with E-state index in [0.29, 0.717) is 28.7 Å². The van der Waals surface area contributed by atoms with Crippen molar-refractivity contribution < 1.29 is 19.1 Å². The van der Waals surface area contributed by atoms with E-state index < -0.39 is 5.97 Å². The number of ether oxygens (including phenoxy) is 1. The summed E-state index contributed by atoms with van der Waals surface area (Å²) in [4.78, 5) is 33.5. The lowest BCUT2D eigenvalue weighted by Crippen LogP contribution is -2.08. The number of Topliss-reactive ketones (excluding diaryl/α,β-unsaturated/α-hetero) is 1. The Hall–Kier alpha value is -2.75. The summed E-state index contributed by atoms with van der Waals surface area (Å²) in [6.07, 6.45) is 0.704. The maximum atomic E-state index is 11.9. The van der Waals surface area contributed by atoms with E-state index in [2.05, 4.69) is 0 Å². The number of rotatable bonds is 4. The first-order chi connectivity index (χ1) is 9.60. The highest BCUT2D eigenvalue weighted by Gasteiger charge is 2.09. The van der Waals surface area contributed by atoms with Gasteiger partial charge < -0.3 is 4.74 Å². The molecule has 4 nitrogen and oxygen atoms in total. The fourth-order valence-corrected chi connectivity index (χ4v) is 1.62. The van der Waals surface area contributed by atoms with Crippen molar-refractivity contribution in [3.05, 3.63) is 65.2 Å². The van der Waals surface area contributed by atoms with Gasteiger partial charge in [0.2, 0.25) is 0 Å². The number of ketones is 1. The minimum absolute atomic E-state index is 0.0488. The largest absolute Gasteiger partial charge is 0.423 e. The number of hydrogen-bond acceptors (Lipinski definition) is 4. The van der Waals surface area contributed by atoms with E-state index in [1.807, 2.05) is 0 Å². The molecule has 0 saturated carbocycles. The lowest BCUT2D eigenvalue weighted by Gasteiger charge is -2.05. The number of esters is 1. The van der Waals surface area contributed by atoms with Gasteiger partial charge >= 0.3 is 5.97 Å². The summed E-state index contributed by atoms with van der Waals surface area (Å²) in [5.74, 6) is -0.204. The molecule has 2 aromatic rings. The van der Waals surface area contributed by atoms with Crippen LogP contribution in [0.5, 0.6) is 5.75 Å². The Kier molecular flexibility index (Phi) is 4.05. The lowest BCUT2D eigenvalue weighted by molar-refractivity contribution is 0.0734. The monoisotopic (exact) mass is 268 g/mol. The molecule has 0 bridgehead atoms. The van der Waals surface area contributed by atoms with E-state index in [1.165, 1.54) is 19.1 Å². The summed E-state index contributed by atoms with van der Waals surface area (Å²) in [5, 5.41) is 0. The summed E-state index contributed by atoms with van der Waals surface area (Å²) in [7, 11) is 0. The zero-order valence-electron chi connectivity index (χ0n) is 10.8. The highest BCUT2D eigenvalue weighted by Crippen LogP contribution is 2.15. The summed E-state index contributed by atoms with van der Waals surface area (Å²) in [6.45, 7) is 1.47. The van der Waals surface area contributed by atoms with E-state index in [4.69, 9.17) is 4.74 Å². The Morgan fingerprint density at radius 2 is 1.45 bits per heavy atom. The molecule has 0 heterocycles. The number of aldehydes is 1. The predicted molar refractivity (Wildman–Crippen MR) is 73.2 cm³/mol. The zero-order chi connectivity index (χ0) is 14.5. The third-order valence-electron chi connectivity index (χ3n) is 2.75. The Morgan fingerprint density at radius 3 is 1.95 bits per heavy atom. The van der Waals surface area contributed by atoms with Crippen LogP contribution in [0.25, 0.3) is 0 Å². The normalized spacial score (nSPS) is 9.85. The van der Waals surface area contributed by atoms with E-state index in [1.54, 1.807) is 36.4 Å². The lowest BCUT2D eigenvalue weighted by atomic mass is 10.1. The van der Waals surface area contributed by atoms with Gasteiger partial charge in [-0.1, -0.05) is 12.1 Å². The van der Waals surface area contributed by atoms with Crippen molar-refractivity contribution in [1.82, 2.24) is 0 Å². The summed E-state index contributed by atoms with van der Waals surface area (Å²) in [6, 6.07) is 12.5. The molecule has 0 aliphatic rings. The standard InChI is InChI=1S/C16H12O4/c1-11(18)13-6-8-15(9-7-13)20-16(19)14-4-2-12(10-17)3-5-14/h2-10H,1H3. The van der Waals surface area contributed by atoms with Crippen LogP contribution in [0.1, 0.15) is 38.0 Å². The van der Waals surface area contributed by atoms with E-state index in [0.717, 1.165) is 0 Å². The number of benzene rings is 2. The minimum atomic E-state index is -0.516. The molecule has 0 fully saturated rings. The molecular weight excluding hydrogens is 256 g/mol. The predicted octanol–water partition coefficient (Wildman–Crippen LogP) is 2.92. The van der Waals surface area contributed by atoms with Gasteiger partial charge in [-0.3, -0.25) is 9.59 Å². The molecule has 0 aliphatic heterocycles. The SMILES string of the molecule is CC(=O)c1ccc(OC(=O)c2ccc(C=O)cc2)cc1. The van der Waals surface area contributed by atoms with Crippen LogP contribution in [0.3, 0.4) is 0 Å². The molecule has 100 valence electrons. The molecule has 2 aromatic carbocycles. The van der Waals surface area contributed by atoms with Gasteiger partial charge in [-0.25, -0.2) is 4.79 Å². The van der Waals surface area contributed by atoms with E-state index in [-0.39, 0.29) is 5.78 Å². The van der Waals surface area contributed by atoms with Crippen molar-refractivity contribution in [1.29, 1.82) is 0 Å². The Labute approximate surface area is 116 Å². The second-order valence-electron chi connectivity index (χ2n) is 4.21. The molecule has 0 unspecified atom stereocenters. The average Bonchev–Trinajstić information content (AvgIpc) is 2.48. The maximum Gasteiger partial charge on any atom is 0.343 e. The molecule has 0 aromatic heterocycles. The Morgan fingerprint density at radius 1 is 0.900 bits per heavy atom. The first-order valence-corrected chi connectivity index (χ1v) is 5.98. The highest BCUT2D eigenvalue weighted by atomic mass is 16.5. The molecule has 0 amide bonds. The first kappa shape index (κ1) is 13.7. The van der Waals surface area contributed by atoms with Crippen molar-refractivity contribution in [2.24, 2.45) is 0 Å². The molecule has 4 heteroatoms. The van der Waals surface area contributed by atoms with Crippen molar-refractivity contribution in [3.8, 4) is 5.75 Å². The van der Waals surface area contributed by atoms with Crippen LogP contribution in [0.15, 0.2) is 48.5 Å². The maximum absolute atomic E-state index is 11.9. The fraction of sp³-hybridized carbons (Fsp3) is 0.0625. The van der Waals surface area contributed by atoms with E-state index in [9.17, 15) is 14.4 Å². The number of hydrogen-bond donors (Lipinski definition) is 0. The van der Waals surface area contributed by atoms with Gasteiger partial charge in [0.25, 0.3) is 0 Å². The molecule has 2 rings (SSSR count). The Bertz CT molecular complexity index is 639. The molecular formula is C16H12O4. The zero-order valence-corrected chi connectivity index (χ0v) is 10.8. The van der Waals surface area contributed by atoms with Crippen LogP contribution in [0.2, 0.25) is 0 Å². The fourth-order valence-electron chi connectivity index (χ4n) is 1.62. The van der Waals surface area contributed by atoms with Crippen LogP contribution < -0.4 is 4.74 Å². The molecule has 0 saturated heterocycles. The molecule has 0 spiro atoms. The van der Waals surface area contributed by atoms with Gasteiger partial charge in [0.15, 0.2) is 5.78 Å². The second-order valence-corrected chi connectivity index (χ2v) is 4.21. The molecule has 20 heavy (non-hydrogen) atoms. The quantitative estimate of drug-likeness (QED) is 0.370. The van der Waals surface area contributed by atoms with Gasteiger partial charge in [0.1, 0.15) is 12.0 Å². The molecule has 0 aliphatic carbocycles. The van der Waals surface area contributed by atoms with Gasteiger partial charge in [-0.05, 0) is 43.3 Å². The first-order valence-electron chi connectivity index (χ1n) is 5.98. The van der Waals surface area contributed by atoms with Gasteiger partial charge in [0.05, 0.1) is 5.56 Å². The van der Waals surface area contributed by atoms with Crippen LogP contribution in [0.4, 0.5) is 0 Å². The highest BCUT2D eigenvalue weighted by molar-refractivity contribution is 5.94. The van der Waals surface area contributed by atoms with Crippen LogP contribution in [0, 0.1) is 0 Å². The third-order valence-corrected chi connectivity index (χ3v) is 2.75. The van der Waals surface area contributed by atoms with Crippen LogP contribution in [-0.4, -0.2) is 18.0 Å². The number of carbonyl (C=O) groups excluding carboxylic acids is 3. The average molecular weight is 268 g/mol. The molecule has 0 N–H and O–H groups in total. The summed E-state index contributed by atoms with van der Waals surface area (Å²) >= 11 is 0. The van der Waals surface area contributed by atoms with Crippen molar-refractivity contribution in [3.63, 3.8) is 0 Å². The molecule has 0 radical (unpaired) electrons. The van der Waals surface area contributed by atoms with Crippen molar-refractivity contribution in [2.75, 3.05) is 0 Å².